The third-order valence-corrected chi connectivity index (χ3v) is 5.12. The monoisotopic (exact) mass is 332 g/mol. The van der Waals surface area contributed by atoms with Crippen molar-refractivity contribution in [1.82, 2.24) is 4.98 Å². The number of aromatic nitrogens is 1. The summed E-state index contributed by atoms with van der Waals surface area (Å²) in [5, 5.41) is 2.24. The number of nitrogens with zero attached hydrogens (tertiary/aromatic N) is 1. The molecule has 2 aromatic rings. The molecule has 1 saturated carbocycles. The summed E-state index contributed by atoms with van der Waals surface area (Å²) in [4.78, 5) is 5.61. The Morgan fingerprint density at radius 2 is 1.84 bits per heavy atom. The highest BCUT2D eigenvalue weighted by molar-refractivity contribution is 7.15. The summed E-state index contributed by atoms with van der Waals surface area (Å²) >= 11 is 19.7. The number of rotatable bonds is 3. The maximum atomic E-state index is 6.22. The molecule has 100 valence electrons. The predicted molar refractivity (Wildman–Crippen MR) is 82.8 cm³/mol. The van der Waals surface area contributed by atoms with E-state index in [9.17, 15) is 0 Å². The molecule has 0 radical (unpaired) electrons. The van der Waals surface area contributed by atoms with Crippen LogP contribution in [-0.2, 0) is 6.42 Å². The number of hydrogen-bond acceptors (Lipinski definition) is 3. The van der Waals surface area contributed by atoms with Crippen molar-refractivity contribution in [1.29, 1.82) is 0 Å². The Kier molecular flexibility index (Phi) is 3.65. The summed E-state index contributed by atoms with van der Waals surface area (Å²) in [6, 6.07) is 3.50. The highest BCUT2D eigenvalue weighted by Gasteiger charge is 2.29. The molecular formula is C13H11Cl3N2S. The molecule has 19 heavy (non-hydrogen) atoms. The van der Waals surface area contributed by atoms with Crippen molar-refractivity contribution in [3.63, 3.8) is 0 Å². The van der Waals surface area contributed by atoms with Gasteiger partial charge in [-0.1, -0.05) is 34.8 Å². The zero-order chi connectivity index (χ0) is 13.6. The first-order chi connectivity index (χ1) is 9.04. The van der Waals surface area contributed by atoms with E-state index in [2.05, 4.69) is 4.98 Å². The summed E-state index contributed by atoms with van der Waals surface area (Å²) in [5.74, 6) is 0.574. The quantitative estimate of drug-likeness (QED) is 0.788. The van der Waals surface area contributed by atoms with Gasteiger partial charge >= 0.3 is 0 Å². The van der Waals surface area contributed by atoms with Crippen LogP contribution in [0.4, 0.5) is 5.13 Å². The first-order valence-electron chi connectivity index (χ1n) is 5.93. The van der Waals surface area contributed by atoms with Crippen LogP contribution in [-0.4, -0.2) is 4.98 Å². The topological polar surface area (TPSA) is 38.9 Å². The molecule has 1 aromatic heterocycles. The van der Waals surface area contributed by atoms with Gasteiger partial charge < -0.3 is 5.73 Å². The van der Waals surface area contributed by atoms with Crippen LogP contribution in [0.2, 0.25) is 15.1 Å². The minimum atomic E-state index is 0.474. The third-order valence-electron chi connectivity index (χ3n) is 3.15. The van der Waals surface area contributed by atoms with Gasteiger partial charge in [-0.2, -0.15) is 0 Å². The fourth-order valence-electron chi connectivity index (χ4n) is 2.06. The fourth-order valence-corrected chi connectivity index (χ4v) is 3.63. The van der Waals surface area contributed by atoms with Crippen molar-refractivity contribution in [2.45, 2.75) is 25.2 Å². The molecule has 1 aliphatic rings. The van der Waals surface area contributed by atoms with Crippen LogP contribution < -0.4 is 5.73 Å². The van der Waals surface area contributed by atoms with Crippen molar-refractivity contribution in [3.05, 3.63) is 43.3 Å². The van der Waals surface area contributed by atoms with E-state index in [4.69, 9.17) is 40.5 Å². The molecule has 0 bridgehead atoms. The van der Waals surface area contributed by atoms with Crippen LogP contribution in [0.5, 0.6) is 0 Å². The maximum absolute atomic E-state index is 6.22. The molecule has 0 saturated heterocycles. The molecule has 0 amide bonds. The van der Waals surface area contributed by atoms with Gasteiger partial charge in [0, 0.05) is 22.2 Å². The molecule has 2 N–H and O–H groups in total. The Morgan fingerprint density at radius 1 is 1.16 bits per heavy atom. The van der Waals surface area contributed by atoms with Crippen LogP contribution in [0.3, 0.4) is 0 Å². The lowest BCUT2D eigenvalue weighted by Gasteiger charge is -2.06. The highest BCUT2D eigenvalue weighted by Crippen LogP contribution is 2.44. The van der Waals surface area contributed by atoms with Gasteiger partial charge in [0.25, 0.3) is 0 Å². The van der Waals surface area contributed by atoms with Gasteiger partial charge in [-0.15, -0.1) is 11.3 Å². The number of anilines is 1. The van der Waals surface area contributed by atoms with Crippen molar-refractivity contribution in [3.8, 4) is 0 Å². The lowest BCUT2D eigenvalue weighted by atomic mass is 10.1. The number of halogens is 3. The van der Waals surface area contributed by atoms with Gasteiger partial charge in [-0.05, 0) is 30.5 Å². The Labute approximate surface area is 130 Å². The van der Waals surface area contributed by atoms with Gasteiger partial charge in [0.15, 0.2) is 5.13 Å². The molecule has 0 aliphatic heterocycles. The van der Waals surface area contributed by atoms with Gasteiger partial charge in [-0.25, -0.2) is 4.98 Å². The van der Waals surface area contributed by atoms with Gasteiger partial charge in [-0.3, -0.25) is 0 Å². The molecular weight excluding hydrogens is 323 g/mol. The number of benzene rings is 1. The number of hydrogen-bond donors (Lipinski definition) is 1. The van der Waals surface area contributed by atoms with E-state index in [0.717, 1.165) is 11.3 Å². The van der Waals surface area contributed by atoms with Crippen LogP contribution in [0.25, 0.3) is 0 Å². The van der Waals surface area contributed by atoms with Crippen molar-refractivity contribution in [2.24, 2.45) is 0 Å². The van der Waals surface area contributed by atoms with Gasteiger partial charge in [0.05, 0.1) is 15.7 Å². The minimum Gasteiger partial charge on any atom is -0.375 e. The van der Waals surface area contributed by atoms with Crippen LogP contribution in [0.15, 0.2) is 12.1 Å². The second-order valence-corrected chi connectivity index (χ2v) is 7.01. The summed E-state index contributed by atoms with van der Waals surface area (Å²) < 4.78 is 0. The van der Waals surface area contributed by atoms with Crippen molar-refractivity contribution in [2.75, 3.05) is 5.73 Å². The normalized spacial score (nSPS) is 14.9. The lowest BCUT2D eigenvalue weighted by Crippen LogP contribution is -1.92. The van der Waals surface area contributed by atoms with E-state index >= 15 is 0 Å². The molecule has 0 spiro atoms. The Morgan fingerprint density at radius 3 is 2.53 bits per heavy atom. The SMILES string of the molecule is Nc1nc(C2CC2)c(Cc2cc(Cl)c(Cl)cc2Cl)s1. The number of nitrogen functional groups attached to an aromatic ring is 1. The summed E-state index contributed by atoms with van der Waals surface area (Å²) in [6.07, 6.45) is 3.10. The molecule has 6 heteroatoms. The fraction of sp³-hybridized carbons (Fsp3) is 0.308. The van der Waals surface area contributed by atoms with Gasteiger partial charge in [0.2, 0.25) is 0 Å². The molecule has 1 fully saturated rings. The third kappa shape index (κ3) is 2.84. The minimum absolute atomic E-state index is 0.474. The van der Waals surface area contributed by atoms with E-state index < -0.39 is 0 Å². The van der Waals surface area contributed by atoms with Crippen LogP contribution in [0.1, 0.15) is 34.9 Å². The standard InChI is InChI=1S/C13H11Cl3N2S/c14-8-5-10(16)9(15)3-7(8)4-11-12(6-1-2-6)18-13(17)19-11/h3,5-6H,1-2,4H2,(H2,17,18). The molecule has 2 nitrogen and oxygen atoms in total. The average Bonchev–Trinajstić information content (AvgIpc) is 3.11. The van der Waals surface area contributed by atoms with E-state index in [0.29, 0.717) is 32.5 Å². The Bertz CT molecular complexity index is 635. The molecule has 0 unspecified atom stereocenters. The second-order valence-electron chi connectivity index (χ2n) is 4.67. The van der Waals surface area contributed by atoms with Crippen LogP contribution >= 0.6 is 46.1 Å². The predicted octanol–water partition coefficient (Wildman–Crippen LogP) is 5.15. The van der Waals surface area contributed by atoms with Gasteiger partial charge in [0.1, 0.15) is 0 Å². The van der Waals surface area contributed by atoms with E-state index in [1.807, 2.05) is 6.07 Å². The summed E-state index contributed by atoms with van der Waals surface area (Å²) in [7, 11) is 0. The number of nitrogens with two attached hydrogens (primary N) is 1. The van der Waals surface area contributed by atoms with Crippen LogP contribution in [0, 0.1) is 0 Å². The van der Waals surface area contributed by atoms with E-state index in [-0.39, 0.29) is 0 Å². The molecule has 0 atom stereocenters. The maximum Gasteiger partial charge on any atom is 0.180 e. The average molecular weight is 334 g/mol. The molecule has 1 heterocycles. The van der Waals surface area contributed by atoms with E-state index in [1.165, 1.54) is 29.1 Å². The second kappa shape index (κ2) is 5.13. The van der Waals surface area contributed by atoms with Crippen molar-refractivity contribution >= 4 is 51.3 Å². The first kappa shape index (κ1) is 13.5. The Hall–Kier alpha value is -0.480. The first-order valence-corrected chi connectivity index (χ1v) is 7.88. The highest BCUT2D eigenvalue weighted by atomic mass is 35.5. The number of thiazole rings is 1. The molecule has 3 rings (SSSR count). The zero-order valence-corrected chi connectivity index (χ0v) is 13.0. The van der Waals surface area contributed by atoms with Crippen molar-refractivity contribution < 1.29 is 0 Å². The van der Waals surface area contributed by atoms with E-state index in [1.54, 1.807) is 6.07 Å². The summed E-state index contributed by atoms with van der Waals surface area (Å²) in [5.41, 5.74) is 7.91. The lowest BCUT2D eigenvalue weighted by molar-refractivity contribution is 1.01. The Balaban J connectivity index is 1.95. The smallest absolute Gasteiger partial charge is 0.180 e. The zero-order valence-electron chi connectivity index (χ0n) is 9.92. The largest absolute Gasteiger partial charge is 0.375 e. The summed E-state index contributed by atoms with van der Waals surface area (Å²) in [6.45, 7) is 0. The molecule has 1 aromatic carbocycles. The molecule has 1 aliphatic carbocycles.